The van der Waals surface area contributed by atoms with Crippen LogP contribution in [0.4, 0.5) is 0 Å². The molecule has 0 amide bonds. The summed E-state index contributed by atoms with van der Waals surface area (Å²) in [5, 5.41) is 9.81. The molecule has 0 radical (unpaired) electrons. The highest BCUT2D eigenvalue weighted by Crippen LogP contribution is 2.54. The van der Waals surface area contributed by atoms with E-state index >= 15 is 0 Å². The number of fused-ring (bicyclic) bond motifs is 6. The zero-order valence-corrected chi connectivity index (χ0v) is 34.1. The number of pyridine rings is 2. The molecular weight excluding hydrogens is 757 g/mol. The van der Waals surface area contributed by atoms with Gasteiger partial charge in [0.1, 0.15) is 0 Å². The van der Waals surface area contributed by atoms with Crippen LogP contribution in [0.3, 0.4) is 0 Å². The SMILES string of the molecule is c1ccc(C2=C(c3ccc(-c4ccc5ccc6cccnc6c5n4)c4ccccc34)CS(c3c4ccccc4c(-c4ccccc4)c4ccccc34)=C2c2ccccc2)cc1. The van der Waals surface area contributed by atoms with Gasteiger partial charge in [-0.15, -0.1) is 10.5 Å². The van der Waals surface area contributed by atoms with Gasteiger partial charge in [-0.2, -0.15) is 0 Å². The molecule has 2 nitrogen and oxygen atoms in total. The van der Waals surface area contributed by atoms with Gasteiger partial charge >= 0.3 is 0 Å². The minimum atomic E-state index is -0.345. The van der Waals surface area contributed by atoms with Crippen LogP contribution in [-0.4, -0.2) is 20.6 Å². The highest BCUT2D eigenvalue weighted by atomic mass is 32.2. The summed E-state index contributed by atoms with van der Waals surface area (Å²) < 4.78 is 0. The lowest BCUT2D eigenvalue weighted by Crippen LogP contribution is -2.04. The largest absolute Gasteiger partial charge is 0.254 e. The Labute approximate surface area is 357 Å². The molecule has 2 aromatic heterocycles. The van der Waals surface area contributed by atoms with Crippen molar-refractivity contribution in [2.75, 3.05) is 5.75 Å². The summed E-state index contributed by atoms with van der Waals surface area (Å²) in [7, 11) is -0.345. The topological polar surface area (TPSA) is 25.8 Å². The third-order valence-electron chi connectivity index (χ3n) is 12.3. The van der Waals surface area contributed by atoms with E-state index in [1.165, 1.54) is 81.0 Å². The van der Waals surface area contributed by atoms with E-state index in [2.05, 4.69) is 206 Å². The third-order valence-corrected chi connectivity index (χ3v) is 14.8. The Balaban J connectivity index is 1.13. The number of benzene rings is 9. The fourth-order valence-corrected chi connectivity index (χ4v) is 12.5. The summed E-state index contributed by atoms with van der Waals surface area (Å²) in [6.45, 7) is 0. The molecule has 0 saturated carbocycles. The molecule has 3 heterocycles. The van der Waals surface area contributed by atoms with E-state index in [0.29, 0.717) is 0 Å². The second-order valence-corrected chi connectivity index (χ2v) is 17.6. The second-order valence-electron chi connectivity index (χ2n) is 15.7. The Bertz CT molecular complexity index is 3530. The minimum Gasteiger partial charge on any atom is -0.254 e. The van der Waals surface area contributed by atoms with Gasteiger partial charge in [-0.05, 0) is 77.8 Å². The van der Waals surface area contributed by atoms with E-state index < -0.39 is 0 Å². The average molecular weight is 795 g/mol. The van der Waals surface area contributed by atoms with Gasteiger partial charge in [0, 0.05) is 43.6 Å². The van der Waals surface area contributed by atoms with Crippen LogP contribution in [-0.2, 0) is 0 Å². The predicted molar refractivity (Wildman–Crippen MR) is 261 cm³/mol. The molecule has 12 rings (SSSR count). The van der Waals surface area contributed by atoms with Gasteiger partial charge in [-0.1, -0.05) is 200 Å². The zero-order valence-electron chi connectivity index (χ0n) is 33.3. The van der Waals surface area contributed by atoms with Crippen molar-refractivity contribution in [1.82, 2.24) is 9.97 Å². The van der Waals surface area contributed by atoms with Crippen molar-refractivity contribution in [2.24, 2.45) is 0 Å². The molecule has 9 aromatic carbocycles. The average Bonchev–Trinajstić information content (AvgIpc) is 3.73. The van der Waals surface area contributed by atoms with E-state index in [1.807, 2.05) is 12.3 Å². The summed E-state index contributed by atoms with van der Waals surface area (Å²) in [5.74, 6) is 0.877. The quantitative estimate of drug-likeness (QED) is 0.0952. The third kappa shape index (κ3) is 5.84. The Morgan fingerprint density at radius 2 is 0.885 bits per heavy atom. The van der Waals surface area contributed by atoms with Crippen LogP contribution < -0.4 is 0 Å². The fourth-order valence-electron chi connectivity index (χ4n) is 9.65. The molecule has 1 aliphatic rings. The summed E-state index contributed by atoms with van der Waals surface area (Å²) in [6, 6.07) is 77.7. The predicted octanol–water partition coefficient (Wildman–Crippen LogP) is 15.0. The summed E-state index contributed by atoms with van der Waals surface area (Å²) in [4.78, 5) is 12.9. The van der Waals surface area contributed by atoms with E-state index in [9.17, 15) is 0 Å². The minimum absolute atomic E-state index is 0.345. The Morgan fingerprint density at radius 1 is 0.377 bits per heavy atom. The zero-order chi connectivity index (χ0) is 40.3. The van der Waals surface area contributed by atoms with Gasteiger partial charge in [0.15, 0.2) is 0 Å². The molecule has 3 heteroatoms. The first-order chi connectivity index (χ1) is 30.3. The van der Waals surface area contributed by atoms with Crippen molar-refractivity contribution in [3.63, 3.8) is 0 Å². The molecule has 1 aliphatic heterocycles. The maximum absolute atomic E-state index is 5.33. The highest BCUT2D eigenvalue weighted by molar-refractivity contribution is 8.18. The Hall–Kier alpha value is -7.46. The van der Waals surface area contributed by atoms with Crippen LogP contribution in [0.15, 0.2) is 223 Å². The van der Waals surface area contributed by atoms with Gasteiger partial charge in [-0.25, -0.2) is 4.98 Å². The molecule has 0 saturated heterocycles. The number of hydrogen-bond donors (Lipinski definition) is 0. The van der Waals surface area contributed by atoms with Gasteiger partial charge in [0.05, 0.1) is 16.7 Å². The number of rotatable bonds is 6. The smallest absolute Gasteiger partial charge is 0.0972 e. The normalized spacial score (nSPS) is 14.2. The van der Waals surface area contributed by atoms with Crippen molar-refractivity contribution in [3.05, 3.63) is 235 Å². The summed E-state index contributed by atoms with van der Waals surface area (Å²) >= 11 is 0. The molecule has 0 aliphatic carbocycles. The highest BCUT2D eigenvalue weighted by Gasteiger charge is 2.31. The van der Waals surface area contributed by atoms with E-state index in [4.69, 9.17) is 9.97 Å². The number of aromatic nitrogens is 2. The first kappa shape index (κ1) is 35.5. The van der Waals surface area contributed by atoms with Crippen LogP contribution >= 0.6 is 10.5 Å². The standard InChI is InChI=1S/C58H38N2S/c1-4-17-38(18-5-1)53-47-26-12-14-28-49(47)58(50-29-15-13-27-48(50)53)61-37-51(54(39-19-6-2-7-20-39)57(61)42-21-8-3-9-22-42)45-33-34-46(44-25-11-10-24-43(44)45)52-35-32-41-31-30-40-23-16-36-59-55(40)56(41)60-52/h1-36H,37H2. The Kier molecular flexibility index (Phi) is 8.53. The monoisotopic (exact) mass is 794 g/mol. The number of hydrogen-bond acceptors (Lipinski definition) is 2. The molecule has 0 fully saturated rings. The summed E-state index contributed by atoms with van der Waals surface area (Å²) in [6.07, 6.45) is 1.86. The first-order valence-corrected chi connectivity index (χ1v) is 22.3. The lowest BCUT2D eigenvalue weighted by Gasteiger charge is -2.21. The maximum Gasteiger partial charge on any atom is 0.0972 e. The number of allylic oxidation sites excluding steroid dienone is 1. The molecule has 1 unspecified atom stereocenters. The van der Waals surface area contributed by atoms with Crippen LogP contribution in [0, 0.1) is 0 Å². The van der Waals surface area contributed by atoms with E-state index in [0.717, 1.165) is 38.8 Å². The molecule has 0 bridgehead atoms. The molecule has 286 valence electrons. The Morgan fingerprint density at radius 3 is 1.54 bits per heavy atom. The van der Waals surface area contributed by atoms with Crippen LogP contribution in [0.1, 0.15) is 16.7 Å². The molecule has 0 spiro atoms. The molecule has 1 atom stereocenters. The molecule has 11 aromatic rings. The maximum atomic E-state index is 5.33. The summed E-state index contributed by atoms with van der Waals surface area (Å²) in [5.41, 5.74) is 12.9. The van der Waals surface area contributed by atoms with Gasteiger partial charge in [-0.3, -0.25) is 4.98 Å². The van der Waals surface area contributed by atoms with Crippen molar-refractivity contribution < 1.29 is 0 Å². The second kappa shape index (κ2) is 14.7. The first-order valence-electron chi connectivity index (χ1n) is 20.9. The lowest BCUT2D eigenvalue weighted by molar-refractivity contribution is 1.37. The fraction of sp³-hybridized carbons (Fsp3) is 0.0172. The van der Waals surface area contributed by atoms with Crippen molar-refractivity contribution in [2.45, 2.75) is 4.90 Å². The van der Waals surface area contributed by atoms with Gasteiger partial charge < -0.3 is 0 Å². The van der Waals surface area contributed by atoms with E-state index in [-0.39, 0.29) is 10.5 Å². The van der Waals surface area contributed by atoms with Crippen molar-refractivity contribution in [1.29, 1.82) is 0 Å². The van der Waals surface area contributed by atoms with Gasteiger partial charge in [0.25, 0.3) is 0 Å². The van der Waals surface area contributed by atoms with Crippen molar-refractivity contribution in [3.8, 4) is 22.4 Å². The van der Waals surface area contributed by atoms with Crippen molar-refractivity contribution >= 4 is 80.6 Å². The lowest BCUT2D eigenvalue weighted by atomic mass is 9.87. The van der Waals surface area contributed by atoms with Crippen LogP contribution in [0.25, 0.3) is 87.7 Å². The number of nitrogens with zero attached hydrogens (tertiary/aromatic N) is 2. The van der Waals surface area contributed by atoms with Crippen LogP contribution in [0.5, 0.6) is 0 Å². The molecular formula is C58H38N2S. The van der Waals surface area contributed by atoms with Gasteiger partial charge in [0.2, 0.25) is 0 Å². The van der Waals surface area contributed by atoms with Crippen LogP contribution in [0.2, 0.25) is 0 Å². The molecule has 0 N–H and O–H groups in total. The molecule has 61 heavy (non-hydrogen) atoms. The van der Waals surface area contributed by atoms with E-state index in [1.54, 1.807) is 0 Å².